The quantitative estimate of drug-likeness (QED) is 0.0357. The second-order valence-corrected chi connectivity index (χ2v) is 21.8. The van der Waals surface area contributed by atoms with Crippen molar-refractivity contribution >= 4 is 88.7 Å². The largest absolute Gasteiger partial charge is 0.481 e. The van der Waals surface area contributed by atoms with Crippen molar-refractivity contribution in [2.24, 2.45) is 34.0 Å². The molecule has 30 nitrogen and oxygen atoms in total. The molecule has 0 aliphatic carbocycles. The number of carboxylic acid groups (broad SMARTS) is 1. The number of aliphatic imine (C=N–C) groups is 1. The number of nitrogens with one attached hydrogen (secondary N) is 11. The lowest BCUT2D eigenvalue weighted by Gasteiger charge is -2.28. The van der Waals surface area contributed by atoms with Crippen LogP contribution in [0.4, 0.5) is 0 Å². The lowest BCUT2D eigenvalue weighted by Crippen LogP contribution is -2.60. The van der Waals surface area contributed by atoms with Crippen LogP contribution in [0.3, 0.4) is 0 Å². The van der Waals surface area contributed by atoms with Gasteiger partial charge in [0.05, 0.1) is 19.4 Å². The van der Waals surface area contributed by atoms with Crippen molar-refractivity contribution in [1.29, 1.82) is 0 Å². The molecule has 460 valence electrons. The zero-order valence-corrected chi connectivity index (χ0v) is 48.4. The Morgan fingerprint density at radius 3 is 1.70 bits per heavy atom. The van der Waals surface area contributed by atoms with Gasteiger partial charge in [0.15, 0.2) is 5.96 Å². The van der Waals surface area contributed by atoms with Gasteiger partial charge >= 0.3 is 5.97 Å². The number of carboxylic acids is 1. The summed E-state index contributed by atoms with van der Waals surface area (Å²) in [6.07, 6.45) is 4.16. The van der Waals surface area contributed by atoms with Crippen molar-refractivity contribution in [3.05, 3.63) is 18.2 Å². The van der Waals surface area contributed by atoms with Gasteiger partial charge in [0.1, 0.15) is 54.4 Å². The number of thioether (sulfide) groups is 1. The lowest BCUT2D eigenvalue weighted by atomic mass is 10.0. The van der Waals surface area contributed by atoms with E-state index >= 15 is 0 Å². The zero-order chi connectivity index (χ0) is 61.5. The second kappa shape index (κ2) is 37.4. The number of rotatable bonds is 19. The van der Waals surface area contributed by atoms with E-state index in [-0.39, 0.29) is 75.8 Å². The molecule has 0 radical (unpaired) electrons. The molecule has 2 heterocycles. The fraction of sp³-hybridized carbons (Fsp3) is 0.686. The Hall–Kier alpha value is -7.57. The zero-order valence-electron chi connectivity index (χ0n) is 47.6. The van der Waals surface area contributed by atoms with Gasteiger partial charge in [0, 0.05) is 44.2 Å². The summed E-state index contributed by atoms with van der Waals surface area (Å²) in [4.78, 5) is 173. The fourth-order valence-electron chi connectivity index (χ4n) is 8.32. The molecule has 19 N–H and O–H groups in total. The van der Waals surface area contributed by atoms with E-state index in [0.717, 1.165) is 0 Å². The molecule has 0 saturated carbocycles. The summed E-state index contributed by atoms with van der Waals surface area (Å²) in [7, 11) is 0. The number of aromatic amines is 1. The van der Waals surface area contributed by atoms with E-state index in [1.165, 1.54) is 31.2 Å². The van der Waals surface area contributed by atoms with Gasteiger partial charge < -0.3 is 85.6 Å². The van der Waals surface area contributed by atoms with Gasteiger partial charge in [-0.1, -0.05) is 40.5 Å². The van der Waals surface area contributed by atoms with Crippen molar-refractivity contribution in [3.8, 4) is 0 Å². The molecule has 1 aliphatic heterocycles. The number of hydrogen-bond donors (Lipinski definition) is 16. The summed E-state index contributed by atoms with van der Waals surface area (Å²) >= 11 is 1.32. The van der Waals surface area contributed by atoms with Gasteiger partial charge in [-0.3, -0.25) is 62.5 Å². The Labute approximate surface area is 480 Å². The highest BCUT2D eigenvalue weighted by atomic mass is 32.2. The number of guanidine groups is 1. The number of nitrogens with two attached hydrogens (primary N) is 3. The molecular weight excluding hydrogens is 1090 g/mol. The molecule has 0 aromatic carbocycles. The molecule has 1 fully saturated rings. The van der Waals surface area contributed by atoms with Crippen LogP contribution >= 0.6 is 11.8 Å². The van der Waals surface area contributed by atoms with Gasteiger partial charge in [-0.15, -0.1) is 0 Å². The number of imidazole rings is 1. The van der Waals surface area contributed by atoms with Crippen molar-refractivity contribution < 1.29 is 67.7 Å². The molecule has 1 aliphatic rings. The van der Waals surface area contributed by atoms with Crippen LogP contribution in [0.25, 0.3) is 0 Å². The maximum Gasteiger partial charge on any atom is 0.303 e. The molecule has 1 aromatic rings. The first-order chi connectivity index (χ1) is 38.7. The summed E-state index contributed by atoms with van der Waals surface area (Å²) < 4.78 is 0. The van der Waals surface area contributed by atoms with Crippen LogP contribution in [0.15, 0.2) is 17.5 Å². The molecule has 2 rings (SSSR count). The highest BCUT2D eigenvalue weighted by molar-refractivity contribution is 7.98. The van der Waals surface area contributed by atoms with Crippen LogP contribution in [0.5, 0.6) is 0 Å². The van der Waals surface area contributed by atoms with Crippen molar-refractivity contribution in [1.82, 2.24) is 63.1 Å². The van der Waals surface area contributed by atoms with Gasteiger partial charge in [0.2, 0.25) is 65.0 Å². The number of amides is 11. The van der Waals surface area contributed by atoms with Gasteiger partial charge in [-0.25, -0.2) is 4.98 Å². The first-order valence-electron chi connectivity index (χ1n) is 27.4. The molecule has 1 aromatic heterocycles. The Morgan fingerprint density at radius 2 is 1.13 bits per heavy atom. The Bertz CT molecular complexity index is 2340. The van der Waals surface area contributed by atoms with Crippen molar-refractivity contribution in [2.75, 3.05) is 31.7 Å². The van der Waals surface area contributed by atoms with E-state index in [1.807, 2.05) is 13.8 Å². The predicted molar refractivity (Wildman–Crippen MR) is 301 cm³/mol. The maximum absolute atomic E-state index is 14.2. The van der Waals surface area contributed by atoms with Gasteiger partial charge in [-0.05, 0) is 82.1 Å². The number of aliphatic hydroxyl groups is 1. The van der Waals surface area contributed by atoms with Gasteiger partial charge in [-0.2, -0.15) is 11.8 Å². The fourth-order valence-corrected chi connectivity index (χ4v) is 8.80. The minimum atomic E-state index is -1.62. The van der Waals surface area contributed by atoms with E-state index < -0.39 is 151 Å². The Balaban J connectivity index is 2.65. The highest BCUT2D eigenvalue weighted by Gasteiger charge is 2.36. The number of aromatic nitrogens is 2. The lowest BCUT2D eigenvalue weighted by molar-refractivity contribution is -0.139. The minimum Gasteiger partial charge on any atom is -0.481 e. The van der Waals surface area contributed by atoms with Crippen LogP contribution < -0.4 is 70.4 Å². The second-order valence-electron chi connectivity index (χ2n) is 20.8. The topological polar surface area (TPSA) is 485 Å². The summed E-state index contributed by atoms with van der Waals surface area (Å²) in [5, 5.41) is 45.2. The summed E-state index contributed by atoms with van der Waals surface area (Å²) in [5.74, 6) is -11.2. The third-order valence-corrected chi connectivity index (χ3v) is 13.3. The maximum atomic E-state index is 14.2. The van der Waals surface area contributed by atoms with E-state index in [2.05, 4.69) is 68.1 Å². The van der Waals surface area contributed by atoms with E-state index in [4.69, 9.17) is 17.2 Å². The number of hydrogen-bond acceptors (Lipinski definition) is 16. The van der Waals surface area contributed by atoms with Crippen LogP contribution in [0.2, 0.25) is 0 Å². The number of nitrogens with zero attached hydrogens (tertiary/aromatic N) is 2. The van der Waals surface area contributed by atoms with Crippen LogP contribution in [-0.2, 0) is 64.0 Å². The number of primary amides is 1. The third-order valence-electron chi connectivity index (χ3n) is 12.6. The molecule has 82 heavy (non-hydrogen) atoms. The number of carbonyl (C=O) groups is 12. The normalized spacial score (nSPS) is 24.5. The number of aliphatic carboxylic acids is 1. The van der Waals surface area contributed by atoms with Crippen molar-refractivity contribution in [3.63, 3.8) is 0 Å². The van der Waals surface area contributed by atoms with Crippen LogP contribution in [0.1, 0.15) is 124 Å². The minimum absolute atomic E-state index is 0.00128. The predicted octanol–water partition coefficient (Wildman–Crippen LogP) is -3.95. The molecular formula is C51H86N16O14S. The molecule has 31 heteroatoms. The van der Waals surface area contributed by atoms with E-state index in [9.17, 15) is 67.7 Å². The Morgan fingerprint density at radius 1 is 0.634 bits per heavy atom. The number of aliphatic hydroxyl groups excluding tert-OH is 1. The van der Waals surface area contributed by atoms with Crippen molar-refractivity contribution in [2.45, 2.75) is 179 Å². The highest BCUT2D eigenvalue weighted by Crippen LogP contribution is 2.12. The SMILES string of the molecule is CSCC[C@@H]1NC(=O)[C@H](CCCN=C(N)N)NC(=O)[C@H](CCC(=O)O)NC(=O)[C@H](CO)NC(=O)CCCCCCNC(=O)[C@H](CC(C)C)NC(=O)[C@H](CC(N)=O)NC(=O)[C@H](Cc2cnc[nH]2)NC(=O)[C@H](CC(C)C)NC(=O)[C@H](C)NC1=O. The average Bonchev–Trinajstić information content (AvgIpc) is 3.92. The average molecular weight is 1180 g/mol. The molecule has 1 saturated heterocycles. The molecule has 0 spiro atoms. The Kier molecular flexibility index (Phi) is 32.2. The monoisotopic (exact) mass is 1180 g/mol. The van der Waals surface area contributed by atoms with Gasteiger partial charge in [0.25, 0.3) is 0 Å². The molecule has 0 unspecified atom stereocenters. The van der Waals surface area contributed by atoms with Crippen LogP contribution in [-0.4, -0.2) is 183 Å². The first-order valence-corrected chi connectivity index (χ1v) is 28.8. The van der Waals surface area contributed by atoms with E-state index in [1.54, 1.807) is 20.1 Å². The standard InChI is InChI=1S/C51H86N16O14S/c1-27(2)20-34-43(74)56-17-10-8-7-9-13-40(70)60-38(25-68)50(81)62-32(14-15-41(71)72)46(77)61-31(12-11-18-57-51(53)54)45(76)63-33(16-19-82-6)44(75)59-29(5)42(73)64-35(21-28(3)4)47(78)66-36(22-30-24-55-26-58-30)48(79)67-37(23-39(52)69)49(80)65-34/h24,26-29,31-38,68H,7-23,25H2,1-6H3,(H2,52,69)(H,55,58)(H,56,74)(H,59,75)(H,60,70)(H,61,77)(H,62,81)(H,63,76)(H,64,73)(H,65,80)(H,66,78)(H,67,79)(H,71,72)(H4,53,54,57)/t29-,31-,32-,33-,34-,35-,36-,37-,38-/m0/s1. The molecule has 0 bridgehead atoms. The van der Waals surface area contributed by atoms with E-state index in [0.29, 0.717) is 37.1 Å². The summed E-state index contributed by atoms with van der Waals surface area (Å²) in [6, 6.07) is -12.9. The molecule has 11 amide bonds. The summed E-state index contributed by atoms with van der Waals surface area (Å²) in [5.41, 5.74) is 16.9. The first kappa shape index (κ1) is 70.5. The smallest absolute Gasteiger partial charge is 0.303 e. The molecule has 9 atom stereocenters. The van der Waals surface area contributed by atoms with Crippen LogP contribution in [0, 0.1) is 11.8 Å². The summed E-state index contributed by atoms with van der Waals surface area (Å²) in [6.45, 7) is 7.71. The number of H-pyrrole nitrogens is 1. The third kappa shape index (κ3) is 27.7. The number of carbonyl (C=O) groups excluding carboxylic acids is 11.